The van der Waals surface area contributed by atoms with Crippen molar-refractivity contribution in [3.05, 3.63) is 0 Å². The van der Waals surface area contributed by atoms with Crippen LogP contribution in [0.2, 0.25) is 0 Å². The Balaban J connectivity index is 0.00000361. The maximum atomic E-state index is 12.0. The van der Waals surface area contributed by atoms with E-state index < -0.39 is 21.3 Å². The summed E-state index contributed by atoms with van der Waals surface area (Å²) in [7, 11) is -1.91. The van der Waals surface area contributed by atoms with Gasteiger partial charge in [0.25, 0.3) is 0 Å². The lowest BCUT2D eigenvalue weighted by molar-refractivity contribution is -0.132. The number of hydrogen-bond donors (Lipinski definition) is 2. The molecule has 2 atom stereocenters. The largest absolute Gasteiger partial charge is 0.383 e. The topological polar surface area (TPSA) is 102 Å². The summed E-state index contributed by atoms with van der Waals surface area (Å²) in [4.78, 5) is 13.4. The molecule has 0 spiro atoms. The highest BCUT2D eigenvalue weighted by molar-refractivity contribution is 7.90. The highest BCUT2D eigenvalue weighted by atomic mass is 35.5. The molecule has 120 valence electrons. The fourth-order valence-electron chi connectivity index (χ4n) is 2.09. The van der Waals surface area contributed by atoms with Crippen LogP contribution >= 0.6 is 12.4 Å². The zero-order chi connectivity index (χ0) is 14.6. The van der Waals surface area contributed by atoms with Gasteiger partial charge in [0.2, 0.25) is 15.9 Å². The lowest BCUT2D eigenvalue weighted by atomic mass is 10.3. The van der Waals surface area contributed by atoms with Crippen LogP contribution in [0.4, 0.5) is 0 Å². The fourth-order valence-corrected chi connectivity index (χ4v) is 3.73. The van der Waals surface area contributed by atoms with E-state index in [1.54, 1.807) is 13.8 Å². The van der Waals surface area contributed by atoms with Crippen LogP contribution in [0, 0.1) is 0 Å². The summed E-state index contributed by atoms with van der Waals surface area (Å²) >= 11 is 0. The van der Waals surface area contributed by atoms with Gasteiger partial charge in [-0.2, -0.15) is 0 Å². The smallest absolute Gasteiger partial charge is 0.241 e. The molecular formula is C11H24ClN3O4S. The van der Waals surface area contributed by atoms with Gasteiger partial charge in [-0.1, -0.05) is 0 Å². The van der Waals surface area contributed by atoms with E-state index in [0.29, 0.717) is 13.0 Å². The van der Waals surface area contributed by atoms with Crippen LogP contribution < -0.4 is 10.5 Å². The molecule has 1 aliphatic heterocycles. The molecule has 20 heavy (non-hydrogen) atoms. The van der Waals surface area contributed by atoms with Crippen molar-refractivity contribution in [2.45, 2.75) is 37.6 Å². The van der Waals surface area contributed by atoms with Crippen LogP contribution in [-0.4, -0.2) is 63.4 Å². The molecule has 9 heteroatoms. The van der Waals surface area contributed by atoms with Crippen molar-refractivity contribution < 1.29 is 17.9 Å². The first-order valence-electron chi connectivity index (χ1n) is 6.32. The fraction of sp³-hybridized carbons (Fsp3) is 0.909. The van der Waals surface area contributed by atoms with Crippen LogP contribution in [0.3, 0.4) is 0 Å². The summed E-state index contributed by atoms with van der Waals surface area (Å²) in [5.41, 5.74) is 5.66. The molecule has 0 aromatic rings. The second kappa shape index (κ2) is 8.14. The molecule has 2 unspecified atom stereocenters. The molecule has 0 aromatic heterocycles. The van der Waals surface area contributed by atoms with E-state index >= 15 is 0 Å². The van der Waals surface area contributed by atoms with Crippen LogP contribution in [0.15, 0.2) is 0 Å². The molecule has 0 bridgehead atoms. The van der Waals surface area contributed by atoms with Crippen molar-refractivity contribution in [3.63, 3.8) is 0 Å². The third-order valence-corrected chi connectivity index (χ3v) is 5.02. The number of nitrogens with one attached hydrogen (secondary N) is 1. The third kappa shape index (κ3) is 5.17. The Kier molecular flexibility index (Phi) is 7.97. The van der Waals surface area contributed by atoms with E-state index in [9.17, 15) is 13.2 Å². The molecule has 0 radical (unpaired) electrons. The monoisotopic (exact) mass is 329 g/mol. The van der Waals surface area contributed by atoms with Gasteiger partial charge in [-0.05, 0) is 20.3 Å². The van der Waals surface area contributed by atoms with Gasteiger partial charge in [-0.3, -0.25) is 4.79 Å². The van der Waals surface area contributed by atoms with Crippen molar-refractivity contribution in [2.24, 2.45) is 5.73 Å². The Morgan fingerprint density at radius 1 is 1.50 bits per heavy atom. The number of carbonyl (C=O) groups excluding carboxylic acids is 1. The average Bonchev–Trinajstić information content (AvgIpc) is 2.76. The molecule has 1 fully saturated rings. The maximum Gasteiger partial charge on any atom is 0.241 e. The molecule has 7 nitrogen and oxygen atoms in total. The Hall–Kier alpha value is -0.410. The standard InChI is InChI=1S/C11H23N3O4S.ClH/c1-8(2)13-19(16,17)9-4-5-14(6-9)11(15)10(12)7-18-3;/h8-10,13H,4-7,12H2,1-3H3;1H. The van der Waals surface area contributed by atoms with Gasteiger partial charge in [-0.15, -0.1) is 12.4 Å². The first kappa shape index (κ1) is 19.6. The SMILES string of the molecule is COCC(N)C(=O)N1CCC(S(=O)(=O)NC(C)C)C1.Cl. The predicted molar refractivity (Wildman–Crippen MR) is 79.3 cm³/mol. The number of rotatable bonds is 6. The number of methoxy groups -OCH3 is 1. The van der Waals surface area contributed by atoms with Crippen molar-refractivity contribution in [3.8, 4) is 0 Å². The molecule has 1 amide bonds. The molecule has 1 rings (SSSR count). The number of nitrogens with two attached hydrogens (primary N) is 1. The summed E-state index contributed by atoms with van der Waals surface area (Å²) < 4.78 is 31.4. The minimum atomic E-state index is -3.38. The molecule has 0 saturated carbocycles. The van der Waals surface area contributed by atoms with Crippen molar-refractivity contribution in [1.82, 2.24) is 9.62 Å². The van der Waals surface area contributed by atoms with E-state index in [-0.39, 0.29) is 37.5 Å². The first-order valence-corrected chi connectivity index (χ1v) is 7.87. The van der Waals surface area contributed by atoms with E-state index in [4.69, 9.17) is 10.5 Å². The minimum absolute atomic E-state index is 0. The van der Waals surface area contributed by atoms with Gasteiger partial charge in [0.15, 0.2) is 0 Å². The van der Waals surface area contributed by atoms with E-state index in [2.05, 4.69) is 4.72 Å². The number of amides is 1. The maximum absolute atomic E-state index is 12.0. The van der Waals surface area contributed by atoms with E-state index in [0.717, 1.165) is 0 Å². The van der Waals surface area contributed by atoms with E-state index in [1.807, 2.05) is 0 Å². The molecular weight excluding hydrogens is 306 g/mol. The molecule has 1 heterocycles. The minimum Gasteiger partial charge on any atom is -0.383 e. The molecule has 3 N–H and O–H groups in total. The summed E-state index contributed by atoms with van der Waals surface area (Å²) in [5.74, 6) is -0.260. The quantitative estimate of drug-likeness (QED) is 0.671. The Morgan fingerprint density at radius 3 is 2.60 bits per heavy atom. The highest BCUT2D eigenvalue weighted by Crippen LogP contribution is 2.17. The van der Waals surface area contributed by atoms with Crippen molar-refractivity contribution in [1.29, 1.82) is 0 Å². The molecule has 0 aromatic carbocycles. The predicted octanol–water partition coefficient (Wildman–Crippen LogP) is -0.689. The molecule has 1 saturated heterocycles. The second-order valence-corrected chi connectivity index (χ2v) is 7.07. The zero-order valence-electron chi connectivity index (χ0n) is 12.0. The summed E-state index contributed by atoms with van der Waals surface area (Å²) in [6.07, 6.45) is 0.438. The molecule has 1 aliphatic rings. The van der Waals surface area contributed by atoms with E-state index in [1.165, 1.54) is 12.0 Å². The average molecular weight is 330 g/mol. The Bertz CT molecular complexity index is 416. The third-order valence-electron chi connectivity index (χ3n) is 2.96. The van der Waals surface area contributed by atoms with Crippen LogP contribution in [0.25, 0.3) is 0 Å². The summed E-state index contributed by atoms with van der Waals surface area (Å²) in [5, 5.41) is -0.561. The second-order valence-electron chi connectivity index (χ2n) is 5.07. The van der Waals surface area contributed by atoms with Gasteiger partial charge >= 0.3 is 0 Å². The van der Waals surface area contributed by atoms with Gasteiger partial charge in [0, 0.05) is 26.2 Å². The normalized spacial score (nSPS) is 20.9. The summed E-state index contributed by atoms with van der Waals surface area (Å²) in [6, 6.07) is -0.880. The number of hydrogen-bond acceptors (Lipinski definition) is 5. The Labute approximate surface area is 126 Å². The zero-order valence-corrected chi connectivity index (χ0v) is 13.7. The number of nitrogens with zero attached hydrogens (tertiary/aromatic N) is 1. The van der Waals surface area contributed by atoms with Crippen LogP contribution in [-0.2, 0) is 19.6 Å². The first-order chi connectivity index (χ1) is 8.77. The van der Waals surface area contributed by atoms with Gasteiger partial charge in [0.05, 0.1) is 11.9 Å². The van der Waals surface area contributed by atoms with Crippen molar-refractivity contribution >= 4 is 28.3 Å². The number of likely N-dealkylation sites (tertiary alicyclic amines) is 1. The van der Waals surface area contributed by atoms with Gasteiger partial charge < -0.3 is 15.4 Å². The van der Waals surface area contributed by atoms with Crippen LogP contribution in [0.5, 0.6) is 0 Å². The van der Waals surface area contributed by atoms with Gasteiger partial charge in [-0.25, -0.2) is 13.1 Å². The van der Waals surface area contributed by atoms with Crippen molar-refractivity contribution in [2.75, 3.05) is 26.8 Å². The lowest BCUT2D eigenvalue weighted by Gasteiger charge is -2.21. The lowest BCUT2D eigenvalue weighted by Crippen LogP contribution is -2.46. The Morgan fingerprint density at radius 2 is 2.10 bits per heavy atom. The summed E-state index contributed by atoms with van der Waals surface area (Å²) in [6.45, 7) is 4.28. The number of carbonyl (C=O) groups is 1. The van der Waals surface area contributed by atoms with Gasteiger partial charge in [0.1, 0.15) is 6.04 Å². The number of sulfonamides is 1. The number of ether oxygens (including phenoxy) is 1. The highest BCUT2D eigenvalue weighted by Gasteiger charge is 2.36. The number of halogens is 1. The molecule has 0 aliphatic carbocycles. The van der Waals surface area contributed by atoms with Crippen LogP contribution in [0.1, 0.15) is 20.3 Å².